The number of pyridine rings is 1. The number of halogens is 1. The van der Waals surface area contributed by atoms with Crippen LogP contribution >= 0.6 is 0 Å². The number of aromatic nitrogens is 1. The van der Waals surface area contributed by atoms with Gasteiger partial charge >= 0.3 is 0 Å². The average Bonchev–Trinajstić information content (AvgIpc) is 2.45. The molecule has 0 spiro atoms. The SMILES string of the molecule is CCCCCCC1CCC(c2ccc(F)nc2)CC1. The Hall–Kier alpha value is -0.920. The minimum atomic E-state index is -0.367. The Labute approximate surface area is 116 Å². The lowest BCUT2D eigenvalue weighted by molar-refractivity contribution is 0.301. The van der Waals surface area contributed by atoms with Crippen LogP contribution in [0.15, 0.2) is 18.3 Å². The van der Waals surface area contributed by atoms with Crippen LogP contribution in [0.3, 0.4) is 0 Å². The predicted octanol–water partition coefficient (Wildman–Crippen LogP) is 5.46. The number of hydrogen-bond donors (Lipinski definition) is 0. The van der Waals surface area contributed by atoms with Gasteiger partial charge in [-0.2, -0.15) is 4.39 Å². The predicted molar refractivity (Wildman–Crippen MR) is 77.7 cm³/mol. The highest BCUT2D eigenvalue weighted by Crippen LogP contribution is 2.37. The van der Waals surface area contributed by atoms with Gasteiger partial charge in [0.2, 0.25) is 5.95 Å². The molecule has 0 bridgehead atoms. The first-order chi connectivity index (χ1) is 9.29. The van der Waals surface area contributed by atoms with E-state index >= 15 is 0 Å². The van der Waals surface area contributed by atoms with Crippen molar-refractivity contribution in [2.75, 3.05) is 0 Å². The summed E-state index contributed by atoms with van der Waals surface area (Å²) >= 11 is 0. The van der Waals surface area contributed by atoms with Crippen LogP contribution in [-0.2, 0) is 0 Å². The fourth-order valence-corrected chi connectivity index (χ4v) is 3.27. The highest BCUT2D eigenvalue weighted by molar-refractivity contribution is 5.15. The van der Waals surface area contributed by atoms with Gasteiger partial charge in [-0.1, -0.05) is 45.1 Å². The van der Waals surface area contributed by atoms with Crippen molar-refractivity contribution < 1.29 is 4.39 Å². The quantitative estimate of drug-likeness (QED) is 0.490. The summed E-state index contributed by atoms with van der Waals surface area (Å²) < 4.78 is 12.8. The summed E-state index contributed by atoms with van der Waals surface area (Å²) in [6, 6.07) is 3.40. The topological polar surface area (TPSA) is 12.9 Å². The first-order valence-electron chi connectivity index (χ1n) is 7.91. The maximum Gasteiger partial charge on any atom is 0.212 e. The van der Waals surface area contributed by atoms with Gasteiger partial charge in [0.25, 0.3) is 0 Å². The molecule has 106 valence electrons. The van der Waals surface area contributed by atoms with Crippen molar-refractivity contribution in [2.24, 2.45) is 5.92 Å². The molecule has 1 aliphatic rings. The highest BCUT2D eigenvalue weighted by Gasteiger charge is 2.22. The Kier molecular flexibility index (Phi) is 5.81. The average molecular weight is 263 g/mol. The van der Waals surface area contributed by atoms with Crippen molar-refractivity contribution in [3.8, 4) is 0 Å². The molecule has 1 aliphatic carbocycles. The van der Waals surface area contributed by atoms with Crippen molar-refractivity contribution in [2.45, 2.75) is 70.6 Å². The van der Waals surface area contributed by atoms with E-state index in [1.54, 1.807) is 6.20 Å². The molecule has 0 atom stereocenters. The van der Waals surface area contributed by atoms with Crippen molar-refractivity contribution in [3.63, 3.8) is 0 Å². The third-order valence-corrected chi connectivity index (χ3v) is 4.53. The van der Waals surface area contributed by atoms with E-state index < -0.39 is 0 Å². The standard InChI is InChI=1S/C17H26FN/c1-2-3-4-5-6-14-7-9-15(10-8-14)16-11-12-17(18)19-13-16/h11-15H,2-10H2,1H3. The van der Waals surface area contributed by atoms with Crippen LogP contribution in [0.4, 0.5) is 4.39 Å². The molecule has 2 rings (SSSR count). The molecule has 0 amide bonds. The Bertz CT molecular complexity index is 352. The van der Waals surface area contributed by atoms with Gasteiger partial charge < -0.3 is 0 Å². The van der Waals surface area contributed by atoms with E-state index in [-0.39, 0.29) is 5.95 Å². The molecule has 0 unspecified atom stereocenters. The number of nitrogens with zero attached hydrogens (tertiary/aromatic N) is 1. The van der Waals surface area contributed by atoms with E-state index in [1.807, 2.05) is 6.07 Å². The molecular formula is C17H26FN. The molecule has 2 heteroatoms. The fourth-order valence-electron chi connectivity index (χ4n) is 3.27. The normalized spacial score (nSPS) is 23.5. The Morgan fingerprint density at radius 1 is 1.11 bits per heavy atom. The van der Waals surface area contributed by atoms with E-state index in [4.69, 9.17) is 0 Å². The third kappa shape index (κ3) is 4.59. The number of rotatable bonds is 6. The Balaban J connectivity index is 1.71. The van der Waals surface area contributed by atoms with E-state index in [0.29, 0.717) is 5.92 Å². The first kappa shape index (κ1) is 14.5. The zero-order valence-electron chi connectivity index (χ0n) is 12.1. The van der Waals surface area contributed by atoms with Gasteiger partial charge in [0.15, 0.2) is 0 Å². The fraction of sp³-hybridized carbons (Fsp3) is 0.706. The first-order valence-corrected chi connectivity index (χ1v) is 7.91. The van der Waals surface area contributed by atoms with Crippen molar-refractivity contribution >= 4 is 0 Å². The van der Waals surface area contributed by atoms with Crippen LogP contribution in [0.2, 0.25) is 0 Å². The highest BCUT2D eigenvalue weighted by atomic mass is 19.1. The Morgan fingerprint density at radius 2 is 1.89 bits per heavy atom. The van der Waals surface area contributed by atoms with Gasteiger partial charge in [-0.3, -0.25) is 0 Å². The molecule has 1 saturated carbocycles. The lowest BCUT2D eigenvalue weighted by atomic mass is 9.77. The lowest BCUT2D eigenvalue weighted by Gasteiger charge is -2.28. The molecule has 0 saturated heterocycles. The summed E-state index contributed by atoms with van der Waals surface area (Å²) in [6.07, 6.45) is 13.8. The van der Waals surface area contributed by atoms with Gasteiger partial charge in [0.05, 0.1) is 0 Å². The van der Waals surface area contributed by atoms with Crippen LogP contribution in [0.1, 0.15) is 76.2 Å². The molecule has 1 aromatic heterocycles. The summed E-state index contributed by atoms with van der Waals surface area (Å²) in [5, 5.41) is 0. The summed E-state index contributed by atoms with van der Waals surface area (Å²) in [5.41, 5.74) is 1.23. The molecule has 1 aromatic rings. The molecule has 1 nitrogen and oxygen atoms in total. The number of unbranched alkanes of at least 4 members (excludes halogenated alkanes) is 3. The molecule has 19 heavy (non-hydrogen) atoms. The van der Waals surface area contributed by atoms with Crippen LogP contribution in [-0.4, -0.2) is 4.98 Å². The van der Waals surface area contributed by atoms with Gasteiger partial charge in [-0.25, -0.2) is 4.98 Å². The smallest absolute Gasteiger partial charge is 0.212 e. The Morgan fingerprint density at radius 3 is 2.53 bits per heavy atom. The second kappa shape index (κ2) is 7.62. The van der Waals surface area contributed by atoms with Crippen molar-refractivity contribution in [1.82, 2.24) is 4.98 Å². The monoisotopic (exact) mass is 263 g/mol. The zero-order valence-corrected chi connectivity index (χ0v) is 12.1. The molecule has 0 aliphatic heterocycles. The third-order valence-electron chi connectivity index (χ3n) is 4.53. The second-order valence-corrected chi connectivity index (χ2v) is 5.98. The zero-order chi connectivity index (χ0) is 13.5. The molecule has 1 heterocycles. The summed E-state index contributed by atoms with van der Waals surface area (Å²) in [5.74, 6) is 1.18. The van der Waals surface area contributed by atoms with Gasteiger partial charge in [0, 0.05) is 6.20 Å². The van der Waals surface area contributed by atoms with E-state index in [0.717, 1.165) is 5.92 Å². The van der Waals surface area contributed by atoms with Gasteiger partial charge in [-0.15, -0.1) is 0 Å². The van der Waals surface area contributed by atoms with E-state index in [2.05, 4.69) is 11.9 Å². The lowest BCUT2D eigenvalue weighted by Crippen LogP contribution is -2.13. The van der Waals surface area contributed by atoms with Gasteiger partial charge in [-0.05, 0) is 49.1 Å². The van der Waals surface area contributed by atoms with Crippen LogP contribution in [0, 0.1) is 11.9 Å². The largest absolute Gasteiger partial charge is 0.228 e. The van der Waals surface area contributed by atoms with Crippen LogP contribution in [0.25, 0.3) is 0 Å². The van der Waals surface area contributed by atoms with Crippen LogP contribution in [0.5, 0.6) is 0 Å². The van der Waals surface area contributed by atoms with Crippen molar-refractivity contribution in [1.29, 1.82) is 0 Å². The summed E-state index contributed by atoms with van der Waals surface area (Å²) in [4.78, 5) is 3.78. The molecular weight excluding hydrogens is 237 g/mol. The minimum Gasteiger partial charge on any atom is -0.228 e. The molecule has 1 fully saturated rings. The van der Waals surface area contributed by atoms with Crippen molar-refractivity contribution in [3.05, 3.63) is 29.8 Å². The second-order valence-electron chi connectivity index (χ2n) is 5.98. The van der Waals surface area contributed by atoms with E-state index in [1.165, 1.54) is 69.4 Å². The molecule has 0 aromatic carbocycles. The molecule has 0 N–H and O–H groups in total. The summed E-state index contributed by atoms with van der Waals surface area (Å²) in [7, 11) is 0. The van der Waals surface area contributed by atoms with E-state index in [9.17, 15) is 4.39 Å². The summed E-state index contributed by atoms with van der Waals surface area (Å²) in [6.45, 7) is 2.27. The maximum absolute atomic E-state index is 12.8. The maximum atomic E-state index is 12.8. The molecule has 0 radical (unpaired) electrons. The number of hydrogen-bond acceptors (Lipinski definition) is 1. The van der Waals surface area contributed by atoms with Crippen LogP contribution < -0.4 is 0 Å². The van der Waals surface area contributed by atoms with Gasteiger partial charge in [0.1, 0.15) is 0 Å². The minimum absolute atomic E-state index is 0.367.